The lowest BCUT2D eigenvalue weighted by molar-refractivity contribution is 0.0673. The fourth-order valence-corrected chi connectivity index (χ4v) is 2.21. The minimum Gasteiger partial charge on any atom is -0.384 e. The van der Waals surface area contributed by atoms with Crippen molar-refractivity contribution in [3.8, 4) is 0 Å². The number of amides is 1. The van der Waals surface area contributed by atoms with Crippen molar-refractivity contribution in [2.45, 2.75) is 25.9 Å². The summed E-state index contributed by atoms with van der Waals surface area (Å²) in [4.78, 5) is 18.0. The maximum atomic E-state index is 12.2. The summed E-state index contributed by atoms with van der Waals surface area (Å²) in [5.74, 6) is 0.460. The SMILES string of the molecule is CC1CN(C(=O)c2ccc(N)nc2)CC(C)N1. The molecule has 0 aromatic carbocycles. The predicted octanol–water partition coefficient (Wildman–Crippen LogP) is 0.486. The number of anilines is 1. The molecule has 3 N–H and O–H groups in total. The molecule has 0 aliphatic carbocycles. The largest absolute Gasteiger partial charge is 0.384 e. The average Bonchev–Trinajstić information content (AvgIpc) is 2.28. The molecule has 0 saturated carbocycles. The molecule has 2 heterocycles. The number of nitrogens with zero attached hydrogens (tertiary/aromatic N) is 2. The van der Waals surface area contributed by atoms with Gasteiger partial charge in [0.25, 0.3) is 5.91 Å². The third-order valence-corrected chi connectivity index (χ3v) is 2.88. The molecule has 1 aliphatic heterocycles. The molecule has 0 spiro atoms. The number of carbonyl (C=O) groups excluding carboxylic acids is 1. The summed E-state index contributed by atoms with van der Waals surface area (Å²) in [6.07, 6.45) is 1.54. The van der Waals surface area contributed by atoms with Crippen LogP contribution in [0.15, 0.2) is 18.3 Å². The Hall–Kier alpha value is -1.62. The molecule has 17 heavy (non-hydrogen) atoms. The summed E-state index contributed by atoms with van der Waals surface area (Å²) in [6.45, 7) is 5.62. The zero-order valence-corrected chi connectivity index (χ0v) is 10.2. The van der Waals surface area contributed by atoms with Gasteiger partial charge in [0.1, 0.15) is 5.82 Å². The highest BCUT2D eigenvalue weighted by Gasteiger charge is 2.25. The summed E-state index contributed by atoms with van der Waals surface area (Å²) in [6, 6.07) is 4.03. The third-order valence-electron chi connectivity index (χ3n) is 2.88. The summed E-state index contributed by atoms with van der Waals surface area (Å²) < 4.78 is 0. The number of rotatable bonds is 1. The fraction of sp³-hybridized carbons (Fsp3) is 0.500. The number of nitrogen functional groups attached to an aromatic ring is 1. The lowest BCUT2D eigenvalue weighted by Gasteiger charge is -2.36. The molecule has 5 heteroatoms. The van der Waals surface area contributed by atoms with Crippen molar-refractivity contribution in [1.82, 2.24) is 15.2 Å². The topological polar surface area (TPSA) is 71.2 Å². The van der Waals surface area contributed by atoms with E-state index in [1.54, 1.807) is 12.1 Å². The summed E-state index contributed by atoms with van der Waals surface area (Å²) in [7, 11) is 0. The maximum Gasteiger partial charge on any atom is 0.255 e. The molecule has 92 valence electrons. The molecular weight excluding hydrogens is 216 g/mol. The first-order valence-electron chi connectivity index (χ1n) is 5.83. The Balaban J connectivity index is 2.11. The molecule has 5 nitrogen and oxygen atoms in total. The van der Waals surface area contributed by atoms with E-state index in [1.807, 2.05) is 4.90 Å². The van der Waals surface area contributed by atoms with Gasteiger partial charge in [-0.2, -0.15) is 0 Å². The van der Waals surface area contributed by atoms with Crippen LogP contribution >= 0.6 is 0 Å². The fourth-order valence-electron chi connectivity index (χ4n) is 2.21. The van der Waals surface area contributed by atoms with Crippen LogP contribution in [-0.2, 0) is 0 Å². The Morgan fingerprint density at radius 2 is 2.06 bits per heavy atom. The van der Waals surface area contributed by atoms with Crippen LogP contribution < -0.4 is 11.1 Å². The van der Waals surface area contributed by atoms with Gasteiger partial charge < -0.3 is 16.0 Å². The first-order valence-corrected chi connectivity index (χ1v) is 5.83. The average molecular weight is 234 g/mol. The molecule has 0 bridgehead atoms. The van der Waals surface area contributed by atoms with Crippen molar-refractivity contribution in [3.05, 3.63) is 23.9 Å². The van der Waals surface area contributed by atoms with Crippen molar-refractivity contribution in [2.75, 3.05) is 18.8 Å². The quantitative estimate of drug-likeness (QED) is 0.741. The van der Waals surface area contributed by atoms with E-state index in [0.717, 1.165) is 13.1 Å². The number of nitrogens with one attached hydrogen (secondary N) is 1. The highest BCUT2D eigenvalue weighted by molar-refractivity contribution is 5.94. The number of piperazine rings is 1. The minimum atomic E-state index is 0.0256. The number of hydrogen-bond donors (Lipinski definition) is 2. The van der Waals surface area contributed by atoms with Gasteiger partial charge in [-0.15, -0.1) is 0 Å². The Morgan fingerprint density at radius 1 is 1.41 bits per heavy atom. The Labute approximate surface area is 101 Å². The van der Waals surface area contributed by atoms with Crippen molar-refractivity contribution in [1.29, 1.82) is 0 Å². The number of hydrogen-bond acceptors (Lipinski definition) is 4. The van der Waals surface area contributed by atoms with Crippen LogP contribution in [-0.4, -0.2) is 41.0 Å². The Kier molecular flexibility index (Phi) is 3.28. The van der Waals surface area contributed by atoms with Crippen LogP contribution in [0.5, 0.6) is 0 Å². The van der Waals surface area contributed by atoms with Gasteiger partial charge in [-0.1, -0.05) is 0 Å². The van der Waals surface area contributed by atoms with Crippen molar-refractivity contribution >= 4 is 11.7 Å². The van der Waals surface area contributed by atoms with E-state index in [1.165, 1.54) is 6.20 Å². The molecular formula is C12H18N4O. The van der Waals surface area contributed by atoms with Gasteiger partial charge >= 0.3 is 0 Å². The summed E-state index contributed by atoms with van der Waals surface area (Å²) >= 11 is 0. The number of carbonyl (C=O) groups is 1. The van der Waals surface area contributed by atoms with Gasteiger partial charge in [0, 0.05) is 31.4 Å². The molecule has 1 fully saturated rings. The molecule has 2 unspecified atom stereocenters. The molecule has 2 rings (SSSR count). The standard InChI is InChI=1S/C12H18N4O/c1-8-6-16(7-9(2)15-8)12(17)10-3-4-11(13)14-5-10/h3-5,8-9,15H,6-7H2,1-2H3,(H2,13,14). The molecule has 1 saturated heterocycles. The highest BCUT2D eigenvalue weighted by atomic mass is 16.2. The van der Waals surface area contributed by atoms with Gasteiger partial charge in [-0.3, -0.25) is 4.79 Å². The third kappa shape index (κ3) is 2.74. The van der Waals surface area contributed by atoms with Crippen molar-refractivity contribution in [3.63, 3.8) is 0 Å². The van der Waals surface area contributed by atoms with Gasteiger partial charge in [-0.25, -0.2) is 4.98 Å². The molecule has 1 aromatic heterocycles. The van der Waals surface area contributed by atoms with Crippen LogP contribution in [0.1, 0.15) is 24.2 Å². The van der Waals surface area contributed by atoms with Gasteiger partial charge in [0.15, 0.2) is 0 Å². The molecule has 2 atom stereocenters. The van der Waals surface area contributed by atoms with E-state index in [0.29, 0.717) is 23.5 Å². The minimum absolute atomic E-state index is 0.0256. The zero-order chi connectivity index (χ0) is 12.4. The predicted molar refractivity (Wildman–Crippen MR) is 66.6 cm³/mol. The maximum absolute atomic E-state index is 12.2. The second-order valence-electron chi connectivity index (χ2n) is 4.65. The lowest BCUT2D eigenvalue weighted by atomic mass is 10.1. The second kappa shape index (κ2) is 4.71. The number of aromatic nitrogens is 1. The monoisotopic (exact) mass is 234 g/mol. The van der Waals surface area contributed by atoms with Crippen LogP contribution in [0, 0.1) is 0 Å². The van der Waals surface area contributed by atoms with E-state index in [-0.39, 0.29) is 5.91 Å². The van der Waals surface area contributed by atoms with Crippen molar-refractivity contribution in [2.24, 2.45) is 0 Å². The van der Waals surface area contributed by atoms with Gasteiger partial charge in [0.2, 0.25) is 0 Å². The van der Waals surface area contributed by atoms with E-state index in [9.17, 15) is 4.79 Å². The lowest BCUT2D eigenvalue weighted by Crippen LogP contribution is -2.55. The van der Waals surface area contributed by atoms with Gasteiger partial charge in [0.05, 0.1) is 5.56 Å². The van der Waals surface area contributed by atoms with Gasteiger partial charge in [-0.05, 0) is 26.0 Å². The zero-order valence-electron chi connectivity index (χ0n) is 10.2. The van der Waals surface area contributed by atoms with E-state index < -0.39 is 0 Å². The normalized spacial score (nSPS) is 24.7. The van der Waals surface area contributed by atoms with Crippen LogP contribution in [0.2, 0.25) is 0 Å². The van der Waals surface area contributed by atoms with Crippen molar-refractivity contribution < 1.29 is 4.79 Å². The Bertz CT molecular complexity index is 393. The molecule has 1 aromatic rings. The van der Waals surface area contributed by atoms with E-state index in [4.69, 9.17) is 5.73 Å². The number of pyridine rings is 1. The molecule has 1 aliphatic rings. The van der Waals surface area contributed by atoms with Crippen LogP contribution in [0.25, 0.3) is 0 Å². The summed E-state index contributed by atoms with van der Waals surface area (Å²) in [5.41, 5.74) is 6.10. The number of nitrogens with two attached hydrogens (primary N) is 1. The first-order chi connectivity index (χ1) is 8.06. The van der Waals surface area contributed by atoms with Crippen LogP contribution in [0.3, 0.4) is 0 Å². The highest BCUT2D eigenvalue weighted by Crippen LogP contribution is 2.10. The first kappa shape index (κ1) is 11.9. The van der Waals surface area contributed by atoms with E-state index in [2.05, 4.69) is 24.1 Å². The van der Waals surface area contributed by atoms with Crippen LogP contribution in [0.4, 0.5) is 5.82 Å². The molecule has 0 radical (unpaired) electrons. The summed E-state index contributed by atoms with van der Waals surface area (Å²) in [5, 5.41) is 3.40. The molecule has 1 amide bonds. The van der Waals surface area contributed by atoms with E-state index >= 15 is 0 Å². The Morgan fingerprint density at radius 3 is 2.59 bits per heavy atom. The smallest absolute Gasteiger partial charge is 0.255 e. The second-order valence-corrected chi connectivity index (χ2v) is 4.65.